The number of ether oxygens (including phenoxy) is 2. The predicted octanol–water partition coefficient (Wildman–Crippen LogP) is 0.839. The number of carboxylic acid groups (broad SMARTS) is 1. The van der Waals surface area contributed by atoms with E-state index in [4.69, 9.17) is 9.47 Å². The number of carbonyl (C=O) groups is 4. The number of aliphatic carboxylic acids is 1. The van der Waals surface area contributed by atoms with E-state index in [9.17, 15) is 34.4 Å². The van der Waals surface area contributed by atoms with Gasteiger partial charge in [0, 0.05) is 12.1 Å². The molecule has 11 heteroatoms. The lowest BCUT2D eigenvalue weighted by atomic mass is 9.95. The maximum atomic E-state index is 12.3. The molecule has 0 aliphatic rings. The molecule has 0 heterocycles. The molecule has 1 aromatic rings. The van der Waals surface area contributed by atoms with Crippen LogP contribution < -0.4 is 5.32 Å². The summed E-state index contributed by atoms with van der Waals surface area (Å²) in [5, 5.41) is 22.5. The Bertz CT molecular complexity index is 778. The van der Waals surface area contributed by atoms with Crippen LogP contribution in [0.25, 0.3) is 0 Å². The van der Waals surface area contributed by atoms with E-state index in [1.54, 1.807) is 6.92 Å². The first-order valence-corrected chi connectivity index (χ1v) is 8.77. The van der Waals surface area contributed by atoms with Crippen molar-refractivity contribution in [3.8, 4) is 0 Å². The smallest absolute Gasteiger partial charge is 0.327 e. The molecule has 2 N–H and O–H groups in total. The van der Waals surface area contributed by atoms with Gasteiger partial charge in [0.05, 0.1) is 36.9 Å². The van der Waals surface area contributed by atoms with E-state index in [0.717, 1.165) is 0 Å². The van der Waals surface area contributed by atoms with E-state index < -0.39 is 47.1 Å². The predicted molar refractivity (Wildman–Crippen MR) is 97.7 cm³/mol. The Morgan fingerprint density at radius 2 is 1.83 bits per heavy atom. The van der Waals surface area contributed by atoms with E-state index in [1.165, 1.54) is 31.2 Å². The summed E-state index contributed by atoms with van der Waals surface area (Å²) < 4.78 is 9.57. The van der Waals surface area contributed by atoms with E-state index in [-0.39, 0.29) is 30.9 Å². The third-order valence-corrected chi connectivity index (χ3v) is 3.75. The third-order valence-electron chi connectivity index (χ3n) is 3.75. The Morgan fingerprint density at radius 3 is 2.38 bits per heavy atom. The molecule has 2 atom stereocenters. The zero-order valence-corrected chi connectivity index (χ0v) is 16.0. The number of nitrogens with one attached hydrogen (secondary N) is 1. The highest BCUT2D eigenvalue weighted by atomic mass is 16.6. The molecule has 0 saturated heterocycles. The number of amides is 1. The molecule has 0 aromatic heterocycles. The number of esters is 2. The van der Waals surface area contributed by atoms with Gasteiger partial charge in [-0.2, -0.15) is 0 Å². The summed E-state index contributed by atoms with van der Waals surface area (Å²) in [5.74, 6) is -5.62. The van der Waals surface area contributed by atoms with Crippen LogP contribution in [0.3, 0.4) is 0 Å². The van der Waals surface area contributed by atoms with Crippen LogP contribution in [0, 0.1) is 16.0 Å². The van der Waals surface area contributed by atoms with Gasteiger partial charge in [0.1, 0.15) is 6.04 Å². The van der Waals surface area contributed by atoms with Crippen LogP contribution in [-0.2, 0) is 35.1 Å². The van der Waals surface area contributed by atoms with Crippen LogP contribution in [-0.4, -0.2) is 53.1 Å². The number of rotatable bonds is 11. The first-order chi connectivity index (χ1) is 13.7. The minimum atomic E-state index is -1.75. The van der Waals surface area contributed by atoms with Crippen LogP contribution in [0.1, 0.15) is 25.8 Å². The Balaban J connectivity index is 2.99. The molecule has 1 aromatic carbocycles. The SMILES string of the molecule is CCOC(=O)C[C@H](C(=O)OCC)[C@H](NC(=O)Cc1cccc([N+](=O)[O-])c1)C(=O)O. The van der Waals surface area contributed by atoms with E-state index >= 15 is 0 Å². The van der Waals surface area contributed by atoms with Crippen molar-refractivity contribution >= 4 is 29.5 Å². The molecule has 0 unspecified atom stereocenters. The van der Waals surface area contributed by atoms with Crippen molar-refractivity contribution in [1.29, 1.82) is 0 Å². The molecule has 0 bridgehead atoms. The van der Waals surface area contributed by atoms with Gasteiger partial charge in [-0.15, -0.1) is 0 Å². The maximum Gasteiger partial charge on any atom is 0.327 e. The summed E-state index contributed by atoms with van der Waals surface area (Å²) in [6, 6.07) is 3.53. The minimum absolute atomic E-state index is 0.0330. The molecule has 1 amide bonds. The summed E-state index contributed by atoms with van der Waals surface area (Å²) in [4.78, 5) is 58.1. The second-order valence-electron chi connectivity index (χ2n) is 5.85. The van der Waals surface area contributed by atoms with E-state index in [0.29, 0.717) is 0 Å². The normalized spacial score (nSPS) is 12.3. The van der Waals surface area contributed by atoms with Crippen molar-refractivity contribution in [2.45, 2.75) is 32.7 Å². The topological polar surface area (TPSA) is 162 Å². The van der Waals surface area contributed by atoms with Gasteiger partial charge in [0.2, 0.25) is 5.91 Å². The molecule has 0 radical (unpaired) electrons. The number of hydrogen-bond donors (Lipinski definition) is 2. The van der Waals surface area contributed by atoms with E-state index in [1.807, 2.05) is 0 Å². The average molecular weight is 410 g/mol. The van der Waals surface area contributed by atoms with E-state index in [2.05, 4.69) is 5.32 Å². The molecule has 0 saturated carbocycles. The Morgan fingerprint density at radius 1 is 1.17 bits per heavy atom. The number of hydrogen-bond acceptors (Lipinski definition) is 8. The Labute approximate surface area is 166 Å². The Hall–Kier alpha value is -3.50. The fourth-order valence-corrected chi connectivity index (χ4v) is 2.51. The van der Waals surface area contributed by atoms with Crippen molar-refractivity contribution in [2.75, 3.05) is 13.2 Å². The number of non-ortho nitro benzene ring substituents is 1. The first kappa shape index (κ1) is 23.5. The van der Waals surface area contributed by atoms with Gasteiger partial charge in [-0.1, -0.05) is 12.1 Å². The summed E-state index contributed by atoms with van der Waals surface area (Å²) in [6.07, 6.45) is -0.957. The van der Waals surface area contributed by atoms with Crippen LogP contribution in [0.5, 0.6) is 0 Å². The van der Waals surface area contributed by atoms with Crippen molar-refractivity contribution in [2.24, 2.45) is 5.92 Å². The largest absolute Gasteiger partial charge is 0.480 e. The van der Waals surface area contributed by atoms with Gasteiger partial charge in [0.15, 0.2) is 0 Å². The fraction of sp³-hybridized carbons (Fsp3) is 0.444. The van der Waals surface area contributed by atoms with Crippen molar-refractivity contribution in [1.82, 2.24) is 5.32 Å². The van der Waals surface area contributed by atoms with Crippen LogP contribution >= 0.6 is 0 Å². The highest BCUT2D eigenvalue weighted by Gasteiger charge is 2.38. The highest BCUT2D eigenvalue weighted by molar-refractivity contribution is 5.91. The van der Waals surface area contributed by atoms with Crippen molar-refractivity contribution in [3.63, 3.8) is 0 Å². The number of benzene rings is 1. The monoisotopic (exact) mass is 410 g/mol. The molecule has 0 aliphatic carbocycles. The van der Waals surface area contributed by atoms with Crippen molar-refractivity contribution in [3.05, 3.63) is 39.9 Å². The zero-order valence-electron chi connectivity index (χ0n) is 16.0. The fourth-order valence-electron chi connectivity index (χ4n) is 2.51. The quantitative estimate of drug-likeness (QED) is 0.306. The zero-order chi connectivity index (χ0) is 22.0. The van der Waals surface area contributed by atoms with Crippen LogP contribution in [0.2, 0.25) is 0 Å². The summed E-state index contributed by atoms with van der Waals surface area (Å²) in [5.41, 5.74) is 0.0516. The molecule has 0 aliphatic heterocycles. The summed E-state index contributed by atoms with van der Waals surface area (Å²) in [7, 11) is 0. The lowest BCUT2D eigenvalue weighted by molar-refractivity contribution is -0.384. The molecule has 29 heavy (non-hydrogen) atoms. The second kappa shape index (κ2) is 11.4. The number of carbonyl (C=O) groups excluding carboxylic acids is 3. The lowest BCUT2D eigenvalue weighted by Gasteiger charge is -2.22. The number of nitrogens with zero attached hydrogens (tertiary/aromatic N) is 1. The molecule has 158 valence electrons. The average Bonchev–Trinajstić information content (AvgIpc) is 2.64. The summed E-state index contributed by atoms with van der Waals surface area (Å²) in [6.45, 7) is 3.04. The van der Waals surface area contributed by atoms with Gasteiger partial charge in [0.25, 0.3) is 5.69 Å². The first-order valence-electron chi connectivity index (χ1n) is 8.77. The van der Waals surface area contributed by atoms with Gasteiger partial charge in [-0.25, -0.2) is 4.79 Å². The molecule has 0 fully saturated rings. The van der Waals surface area contributed by atoms with Gasteiger partial charge >= 0.3 is 17.9 Å². The van der Waals surface area contributed by atoms with Gasteiger partial charge in [-0.3, -0.25) is 24.5 Å². The van der Waals surface area contributed by atoms with Crippen LogP contribution in [0.15, 0.2) is 24.3 Å². The molecule has 1 rings (SSSR count). The molecular formula is C18H22N2O9. The number of carboxylic acids is 1. The highest BCUT2D eigenvalue weighted by Crippen LogP contribution is 2.16. The van der Waals surface area contributed by atoms with Gasteiger partial charge in [-0.05, 0) is 19.4 Å². The molecule has 11 nitrogen and oxygen atoms in total. The maximum absolute atomic E-state index is 12.3. The summed E-state index contributed by atoms with van der Waals surface area (Å²) >= 11 is 0. The van der Waals surface area contributed by atoms with Crippen molar-refractivity contribution < 1.29 is 38.7 Å². The second-order valence-corrected chi connectivity index (χ2v) is 5.85. The molecular weight excluding hydrogens is 388 g/mol. The number of nitro benzene ring substituents is 1. The van der Waals surface area contributed by atoms with Crippen LogP contribution in [0.4, 0.5) is 5.69 Å². The minimum Gasteiger partial charge on any atom is -0.480 e. The number of nitro groups is 1. The lowest BCUT2D eigenvalue weighted by Crippen LogP contribution is -2.50. The van der Waals surface area contributed by atoms with Gasteiger partial charge < -0.3 is 19.9 Å². The third kappa shape index (κ3) is 7.56. The molecule has 0 spiro atoms. The Kier molecular flexibility index (Phi) is 9.23. The standard InChI is InChI=1S/C18H22N2O9/c1-3-28-15(22)10-13(18(25)29-4-2)16(17(23)24)19-14(21)9-11-6-5-7-12(8-11)20(26)27/h5-8,13,16H,3-4,9-10H2,1-2H3,(H,19,21)(H,23,24)/t13-,16-/m0/s1.